The van der Waals surface area contributed by atoms with E-state index in [0.717, 1.165) is 28.6 Å². The fourth-order valence-electron chi connectivity index (χ4n) is 4.50. The van der Waals surface area contributed by atoms with Crippen LogP contribution in [-0.2, 0) is 32.7 Å². The first kappa shape index (κ1) is 32.8. The molecule has 0 radical (unpaired) electrons. The molecule has 0 aliphatic rings. The molecule has 11 nitrogen and oxygen atoms in total. The molecule has 4 aromatic carbocycles. The van der Waals surface area contributed by atoms with E-state index in [9.17, 15) is 18.0 Å². The lowest BCUT2D eigenvalue weighted by Gasteiger charge is -2.28. The van der Waals surface area contributed by atoms with Crippen molar-refractivity contribution in [3.63, 3.8) is 0 Å². The van der Waals surface area contributed by atoms with Gasteiger partial charge in [0.05, 0.1) is 18.6 Å². The van der Waals surface area contributed by atoms with Crippen molar-refractivity contribution in [2.75, 3.05) is 29.1 Å². The van der Waals surface area contributed by atoms with Crippen LogP contribution in [-0.4, -0.2) is 56.0 Å². The zero-order valence-corrected chi connectivity index (χ0v) is 25.7. The number of amides is 1. The Kier molecular flexibility index (Phi) is 11.0. The van der Waals surface area contributed by atoms with Crippen molar-refractivity contribution in [3.05, 3.63) is 114 Å². The number of hydrogen-bond donors (Lipinski definition) is 4. The van der Waals surface area contributed by atoms with Crippen LogP contribution in [0.4, 0.5) is 11.4 Å². The third-order valence-electron chi connectivity index (χ3n) is 6.70. The van der Waals surface area contributed by atoms with Gasteiger partial charge in [0, 0.05) is 18.8 Å². The van der Waals surface area contributed by atoms with E-state index in [1.54, 1.807) is 30.3 Å². The fourth-order valence-corrected chi connectivity index (χ4v) is 5.12. The molecule has 12 heteroatoms. The Balaban J connectivity index is 1.41. The summed E-state index contributed by atoms with van der Waals surface area (Å²) in [5.74, 6) is -0.474. The number of aliphatic carboxylic acids is 1. The molecular weight excluding hydrogens is 598 g/mol. The maximum Gasteiger partial charge on any atom is 0.328 e. The van der Waals surface area contributed by atoms with Gasteiger partial charge in [-0.2, -0.15) is 0 Å². The lowest BCUT2D eigenvalue weighted by atomic mass is 10.1. The van der Waals surface area contributed by atoms with Gasteiger partial charge in [0.2, 0.25) is 10.0 Å². The number of aliphatic hydroxyl groups excluding tert-OH is 1. The molecule has 0 aliphatic heterocycles. The number of carbonyl (C=O) groups is 2. The second kappa shape index (κ2) is 15.1. The number of hydrogen-bond acceptors (Lipinski definition) is 8. The molecule has 1 amide bonds. The average molecular weight is 634 g/mol. The Morgan fingerprint density at radius 3 is 1.98 bits per heavy atom. The van der Waals surface area contributed by atoms with Gasteiger partial charge in [0.1, 0.15) is 23.3 Å². The van der Waals surface area contributed by atoms with E-state index in [2.05, 4.69) is 27.1 Å². The summed E-state index contributed by atoms with van der Waals surface area (Å²) < 4.78 is 37.8. The zero-order valence-electron chi connectivity index (χ0n) is 24.8. The van der Waals surface area contributed by atoms with E-state index in [1.807, 2.05) is 61.5 Å². The molecule has 0 heterocycles. The number of nitrogens with zero attached hydrogens (tertiary/aromatic N) is 1. The maximum atomic E-state index is 11.9. The lowest BCUT2D eigenvalue weighted by Crippen LogP contribution is -2.45. The molecule has 4 aromatic rings. The second-order valence-corrected chi connectivity index (χ2v) is 12.1. The fraction of sp³-hybridized carbons (Fsp3) is 0.212. The molecule has 4 N–H and O–H groups in total. The Hall–Kier alpha value is -5.07. The minimum atomic E-state index is -3.44. The highest BCUT2D eigenvalue weighted by Gasteiger charge is 2.19. The average Bonchev–Trinajstić information content (AvgIpc) is 3.01. The summed E-state index contributed by atoms with van der Waals surface area (Å²) in [5, 5.41) is 20.1. The first-order chi connectivity index (χ1) is 21.5. The molecule has 4 rings (SSSR count). The van der Waals surface area contributed by atoms with Crippen molar-refractivity contribution >= 4 is 33.3 Å². The van der Waals surface area contributed by atoms with Crippen molar-refractivity contribution < 1.29 is 37.7 Å². The van der Waals surface area contributed by atoms with Crippen LogP contribution in [0.1, 0.15) is 16.7 Å². The maximum absolute atomic E-state index is 11.9. The van der Waals surface area contributed by atoms with Crippen LogP contribution in [0.2, 0.25) is 0 Å². The molecule has 0 aromatic heterocycles. The number of carboxylic acids is 1. The van der Waals surface area contributed by atoms with Crippen molar-refractivity contribution in [1.29, 1.82) is 0 Å². The molecular formula is C33H35N3O8S. The van der Waals surface area contributed by atoms with Crippen molar-refractivity contribution in [3.8, 4) is 17.2 Å². The predicted molar refractivity (Wildman–Crippen MR) is 171 cm³/mol. The third-order valence-corrected chi connectivity index (χ3v) is 7.29. The number of aliphatic hydroxyl groups is 1. The van der Waals surface area contributed by atoms with E-state index >= 15 is 0 Å². The van der Waals surface area contributed by atoms with Gasteiger partial charge in [-0.1, -0.05) is 48.5 Å². The van der Waals surface area contributed by atoms with E-state index in [-0.39, 0.29) is 0 Å². The number of ether oxygens (including phenoxy) is 2. The molecule has 45 heavy (non-hydrogen) atoms. The molecule has 0 saturated carbocycles. The summed E-state index contributed by atoms with van der Waals surface area (Å²) >= 11 is 0. The Morgan fingerprint density at radius 2 is 1.40 bits per heavy atom. The normalized spacial score (nSPS) is 11.7. The number of nitrogens with one attached hydrogen (secondary N) is 2. The second-order valence-electron chi connectivity index (χ2n) is 10.3. The van der Waals surface area contributed by atoms with Gasteiger partial charge in [-0.05, 0) is 72.1 Å². The number of benzene rings is 4. The molecule has 0 unspecified atom stereocenters. The number of sulfonamides is 1. The quantitative estimate of drug-likeness (QED) is 0.150. The summed E-state index contributed by atoms with van der Waals surface area (Å²) in [6, 6.07) is 28.4. The van der Waals surface area contributed by atoms with Crippen LogP contribution in [0.3, 0.4) is 0 Å². The molecule has 236 valence electrons. The highest BCUT2D eigenvalue weighted by molar-refractivity contribution is 7.92. The number of carbonyl (C=O) groups excluding carboxylic acids is 1. The highest BCUT2D eigenvalue weighted by atomic mass is 32.2. The van der Waals surface area contributed by atoms with Crippen molar-refractivity contribution in [1.82, 2.24) is 5.32 Å². The van der Waals surface area contributed by atoms with Crippen LogP contribution in [0.5, 0.6) is 17.2 Å². The predicted octanol–water partition coefficient (Wildman–Crippen LogP) is 4.31. The number of carboxylic acid groups (broad SMARTS) is 1. The van der Waals surface area contributed by atoms with Crippen LogP contribution < -0.4 is 24.4 Å². The molecule has 0 spiro atoms. The molecule has 0 fully saturated rings. The minimum Gasteiger partial charge on any atom is -0.484 e. The summed E-state index contributed by atoms with van der Waals surface area (Å²) in [6.07, 6.45) is 1.13. The smallest absolute Gasteiger partial charge is 0.328 e. The molecule has 0 bridgehead atoms. The summed E-state index contributed by atoms with van der Waals surface area (Å²) in [7, 11) is -3.44. The monoisotopic (exact) mass is 633 g/mol. The Labute approximate surface area is 262 Å². The van der Waals surface area contributed by atoms with Gasteiger partial charge >= 0.3 is 5.97 Å². The van der Waals surface area contributed by atoms with Crippen LogP contribution in [0, 0.1) is 6.92 Å². The largest absolute Gasteiger partial charge is 0.484 e. The zero-order chi connectivity index (χ0) is 32.4. The first-order valence-electron chi connectivity index (χ1n) is 14.0. The topological polar surface area (TPSA) is 154 Å². The summed E-state index contributed by atoms with van der Waals surface area (Å²) in [4.78, 5) is 25.0. The molecule has 0 aliphatic carbocycles. The SMILES string of the molecule is Cc1c(NS(C)(=O)=O)cccc1N(Cc1ccccc1)Cc1ccc(Oc2ccc(OCC(=O)N[C@@H](CO)C(=O)O)cc2)cc1. The number of anilines is 2. The van der Waals surface area contributed by atoms with E-state index in [0.29, 0.717) is 36.0 Å². The molecule has 1 atom stereocenters. The van der Waals surface area contributed by atoms with Gasteiger partial charge in [-0.25, -0.2) is 13.2 Å². The third kappa shape index (κ3) is 9.98. The van der Waals surface area contributed by atoms with Crippen molar-refractivity contribution in [2.24, 2.45) is 0 Å². The first-order valence-corrected chi connectivity index (χ1v) is 15.9. The minimum absolute atomic E-state index is 0.383. The summed E-state index contributed by atoms with van der Waals surface area (Å²) in [6.45, 7) is 1.93. The number of rotatable bonds is 15. The lowest BCUT2D eigenvalue weighted by molar-refractivity contribution is -0.143. The highest BCUT2D eigenvalue weighted by Crippen LogP contribution is 2.31. The van der Waals surface area contributed by atoms with E-state index in [4.69, 9.17) is 19.7 Å². The summed E-state index contributed by atoms with van der Waals surface area (Å²) in [5.41, 5.74) is 4.39. The van der Waals surface area contributed by atoms with Crippen LogP contribution in [0.15, 0.2) is 97.1 Å². The van der Waals surface area contributed by atoms with Gasteiger partial charge < -0.3 is 29.9 Å². The van der Waals surface area contributed by atoms with Gasteiger partial charge in [0.15, 0.2) is 6.61 Å². The van der Waals surface area contributed by atoms with Crippen molar-refractivity contribution in [2.45, 2.75) is 26.1 Å². The van der Waals surface area contributed by atoms with Crippen LogP contribution >= 0.6 is 0 Å². The Morgan fingerprint density at radius 1 is 0.822 bits per heavy atom. The van der Waals surface area contributed by atoms with E-state index in [1.165, 1.54) is 0 Å². The van der Waals surface area contributed by atoms with Crippen LogP contribution in [0.25, 0.3) is 0 Å². The molecule has 0 saturated heterocycles. The van der Waals surface area contributed by atoms with E-state index < -0.39 is 41.2 Å². The van der Waals surface area contributed by atoms with Gasteiger partial charge in [0.25, 0.3) is 5.91 Å². The standard InChI is InChI=1S/C33H35N3O8S/c1-23-29(35-45(2,41)42)9-6-10-31(23)36(19-24-7-4-3-5-8-24)20-25-11-13-27(14-12-25)44-28-17-15-26(16-18-28)43-22-32(38)34-30(21-37)33(39)40/h3-18,30,35,37H,19-22H2,1-2H3,(H,34,38)(H,39,40)/t30-/m0/s1. The van der Waals surface area contributed by atoms with Gasteiger partial charge in [-0.3, -0.25) is 9.52 Å². The Bertz CT molecular complexity index is 1700. The van der Waals surface area contributed by atoms with Gasteiger partial charge in [-0.15, -0.1) is 0 Å².